The quantitative estimate of drug-likeness (QED) is 0.899. The Morgan fingerprint density at radius 3 is 2.83 bits per heavy atom. The maximum atomic E-state index is 12.4. The Bertz CT molecular complexity index is 710. The summed E-state index contributed by atoms with van der Waals surface area (Å²) < 4.78 is 5.37. The summed E-state index contributed by atoms with van der Waals surface area (Å²) in [5.74, 6) is 0.857. The standard InChI is InChI=1S/C17H22N4O2S/c1-3-15-19-12(2)16(24-15)17(22)18-11-13-5-4-6-14(20-13)21-7-9-23-10-8-21/h4-6H,3,7-11H2,1-2H3,(H,18,22). The van der Waals surface area contributed by atoms with Crippen molar-refractivity contribution in [1.29, 1.82) is 0 Å². The van der Waals surface area contributed by atoms with Crippen molar-refractivity contribution in [2.24, 2.45) is 0 Å². The molecule has 0 atom stereocenters. The largest absolute Gasteiger partial charge is 0.378 e. The Hall–Kier alpha value is -1.99. The number of pyridine rings is 1. The third kappa shape index (κ3) is 3.91. The molecular formula is C17H22N4O2S. The van der Waals surface area contributed by atoms with Gasteiger partial charge in [0.2, 0.25) is 0 Å². The highest BCUT2D eigenvalue weighted by Gasteiger charge is 2.15. The van der Waals surface area contributed by atoms with Gasteiger partial charge in [0.1, 0.15) is 10.7 Å². The van der Waals surface area contributed by atoms with Gasteiger partial charge in [0.15, 0.2) is 0 Å². The van der Waals surface area contributed by atoms with Gasteiger partial charge in [0, 0.05) is 13.1 Å². The first-order valence-corrected chi connectivity index (χ1v) is 9.02. The van der Waals surface area contributed by atoms with Gasteiger partial charge >= 0.3 is 0 Å². The topological polar surface area (TPSA) is 67.4 Å². The van der Waals surface area contributed by atoms with Gasteiger partial charge in [0.05, 0.1) is 36.2 Å². The summed E-state index contributed by atoms with van der Waals surface area (Å²) in [5, 5.41) is 3.94. The molecule has 0 unspecified atom stereocenters. The maximum absolute atomic E-state index is 12.4. The summed E-state index contributed by atoms with van der Waals surface area (Å²) in [5.41, 5.74) is 1.65. The molecule has 1 fully saturated rings. The fraction of sp³-hybridized carbons (Fsp3) is 0.471. The van der Waals surface area contributed by atoms with Crippen molar-refractivity contribution in [3.05, 3.63) is 39.5 Å². The Balaban J connectivity index is 1.63. The highest BCUT2D eigenvalue weighted by atomic mass is 32.1. The Morgan fingerprint density at radius 2 is 2.12 bits per heavy atom. The molecule has 2 aromatic rings. The molecule has 3 rings (SSSR count). The first-order chi connectivity index (χ1) is 11.7. The third-order valence-corrected chi connectivity index (χ3v) is 5.21. The van der Waals surface area contributed by atoms with Crippen LogP contribution in [0.4, 0.5) is 5.82 Å². The number of thiazole rings is 1. The molecule has 1 aliphatic rings. The van der Waals surface area contributed by atoms with E-state index in [0.29, 0.717) is 11.4 Å². The maximum Gasteiger partial charge on any atom is 0.263 e. The summed E-state index contributed by atoms with van der Waals surface area (Å²) in [4.78, 5) is 24.3. The molecule has 128 valence electrons. The van der Waals surface area contributed by atoms with Gasteiger partial charge in [-0.3, -0.25) is 4.79 Å². The van der Waals surface area contributed by atoms with Gasteiger partial charge in [0.25, 0.3) is 5.91 Å². The number of nitrogens with zero attached hydrogens (tertiary/aromatic N) is 3. The minimum Gasteiger partial charge on any atom is -0.378 e. The van der Waals surface area contributed by atoms with Crippen LogP contribution in [0.15, 0.2) is 18.2 Å². The Labute approximate surface area is 145 Å². The summed E-state index contributed by atoms with van der Waals surface area (Å²) in [6.07, 6.45) is 0.849. The lowest BCUT2D eigenvalue weighted by Crippen LogP contribution is -2.37. The molecule has 1 amide bonds. The number of aromatic nitrogens is 2. The Kier molecular flexibility index (Phi) is 5.42. The van der Waals surface area contributed by atoms with Crippen molar-refractivity contribution in [1.82, 2.24) is 15.3 Å². The molecule has 1 saturated heterocycles. The minimum absolute atomic E-state index is 0.0803. The summed E-state index contributed by atoms with van der Waals surface area (Å²) in [6, 6.07) is 5.91. The van der Waals surface area contributed by atoms with Crippen LogP contribution in [0.3, 0.4) is 0 Å². The zero-order valence-corrected chi connectivity index (χ0v) is 14.9. The fourth-order valence-electron chi connectivity index (χ4n) is 2.60. The summed E-state index contributed by atoms with van der Waals surface area (Å²) in [7, 11) is 0. The van der Waals surface area contributed by atoms with E-state index in [1.807, 2.05) is 32.0 Å². The number of anilines is 1. The number of nitrogens with one attached hydrogen (secondary N) is 1. The van der Waals surface area contributed by atoms with Gasteiger partial charge in [-0.2, -0.15) is 0 Å². The fourth-order valence-corrected chi connectivity index (χ4v) is 3.52. The lowest BCUT2D eigenvalue weighted by molar-refractivity contribution is 0.0953. The van der Waals surface area contributed by atoms with E-state index < -0.39 is 0 Å². The van der Waals surface area contributed by atoms with Crippen LogP contribution < -0.4 is 10.2 Å². The van der Waals surface area contributed by atoms with Crippen LogP contribution in [-0.2, 0) is 17.7 Å². The predicted molar refractivity (Wildman–Crippen MR) is 94.7 cm³/mol. The molecule has 3 heterocycles. The van der Waals surface area contributed by atoms with Crippen LogP contribution in [-0.4, -0.2) is 42.2 Å². The number of ether oxygens (including phenoxy) is 1. The van der Waals surface area contributed by atoms with Crippen LogP contribution in [0, 0.1) is 6.92 Å². The Morgan fingerprint density at radius 1 is 1.33 bits per heavy atom. The van der Waals surface area contributed by atoms with Gasteiger partial charge in [-0.1, -0.05) is 13.0 Å². The average molecular weight is 346 g/mol. The number of rotatable bonds is 5. The monoisotopic (exact) mass is 346 g/mol. The molecule has 2 aromatic heterocycles. The van der Waals surface area contributed by atoms with Crippen LogP contribution in [0.5, 0.6) is 0 Å². The lowest BCUT2D eigenvalue weighted by Gasteiger charge is -2.28. The van der Waals surface area contributed by atoms with Crippen LogP contribution >= 0.6 is 11.3 Å². The van der Waals surface area contributed by atoms with E-state index in [1.165, 1.54) is 11.3 Å². The third-order valence-electron chi connectivity index (χ3n) is 3.91. The van der Waals surface area contributed by atoms with Crippen LogP contribution in [0.2, 0.25) is 0 Å². The number of morpholine rings is 1. The SMILES string of the molecule is CCc1nc(C)c(C(=O)NCc2cccc(N3CCOCC3)n2)s1. The van der Waals surface area contributed by atoms with Gasteiger partial charge in [-0.15, -0.1) is 11.3 Å². The van der Waals surface area contributed by atoms with Crippen LogP contribution in [0.1, 0.15) is 33.0 Å². The molecule has 0 radical (unpaired) electrons. The molecule has 0 spiro atoms. The molecule has 24 heavy (non-hydrogen) atoms. The number of amides is 1. The van der Waals surface area contributed by atoms with E-state index in [2.05, 4.69) is 20.2 Å². The van der Waals surface area contributed by atoms with Gasteiger partial charge < -0.3 is 15.0 Å². The van der Waals surface area contributed by atoms with Crippen molar-refractivity contribution in [3.63, 3.8) is 0 Å². The second kappa shape index (κ2) is 7.72. The van der Waals surface area contributed by atoms with Gasteiger partial charge in [-0.25, -0.2) is 9.97 Å². The van der Waals surface area contributed by atoms with Crippen molar-refractivity contribution in [2.75, 3.05) is 31.2 Å². The number of carbonyl (C=O) groups is 1. The smallest absolute Gasteiger partial charge is 0.263 e. The normalized spacial score (nSPS) is 14.7. The highest BCUT2D eigenvalue weighted by molar-refractivity contribution is 7.13. The van der Waals surface area contributed by atoms with E-state index in [9.17, 15) is 4.79 Å². The molecular weight excluding hydrogens is 324 g/mol. The molecule has 0 bridgehead atoms. The molecule has 1 N–H and O–H groups in total. The van der Waals surface area contributed by atoms with E-state index in [-0.39, 0.29) is 5.91 Å². The number of hydrogen-bond donors (Lipinski definition) is 1. The highest BCUT2D eigenvalue weighted by Crippen LogP contribution is 2.18. The van der Waals surface area contributed by atoms with Crippen molar-refractivity contribution in [2.45, 2.75) is 26.8 Å². The summed E-state index contributed by atoms with van der Waals surface area (Å²) in [6.45, 7) is 7.49. The van der Waals surface area contributed by atoms with E-state index in [0.717, 1.165) is 54.9 Å². The number of carbonyl (C=O) groups excluding carboxylic acids is 1. The van der Waals surface area contributed by atoms with Crippen molar-refractivity contribution >= 4 is 23.1 Å². The molecule has 1 aliphatic heterocycles. The molecule has 7 heteroatoms. The van der Waals surface area contributed by atoms with E-state index in [4.69, 9.17) is 4.74 Å². The van der Waals surface area contributed by atoms with E-state index >= 15 is 0 Å². The number of hydrogen-bond acceptors (Lipinski definition) is 6. The first kappa shape index (κ1) is 16.9. The first-order valence-electron chi connectivity index (χ1n) is 8.20. The minimum atomic E-state index is -0.0803. The summed E-state index contributed by atoms with van der Waals surface area (Å²) >= 11 is 1.46. The molecule has 6 nitrogen and oxygen atoms in total. The number of aryl methyl sites for hydroxylation is 2. The predicted octanol–water partition coefficient (Wildman–Crippen LogP) is 2.18. The molecule has 0 aromatic carbocycles. The average Bonchev–Trinajstić information content (AvgIpc) is 3.02. The van der Waals surface area contributed by atoms with Gasteiger partial charge in [-0.05, 0) is 25.5 Å². The molecule has 0 aliphatic carbocycles. The molecule has 0 saturated carbocycles. The van der Waals surface area contributed by atoms with Crippen LogP contribution in [0.25, 0.3) is 0 Å². The van der Waals surface area contributed by atoms with Crippen molar-refractivity contribution < 1.29 is 9.53 Å². The van der Waals surface area contributed by atoms with E-state index in [1.54, 1.807) is 0 Å². The zero-order chi connectivity index (χ0) is 16.9. The second-order valence-electron chi connectivity index (χ2n) is 5.64. The zero-order valence-electron chi connectivity index (χ0n) is 14.0. The lowest BCUT2D eigenvalue weighted by atomic mass is 10.3. The second-order valence-corrected chi connectivity index (χ2v) is 6.73. The van der Waals surface area contributed by atoms with Crippen molar-refractivity contribution in [3.8, 4) is 0 Å².